The number of hydrogen-bond donors (Lipinski definition) is 2. The van der Waals surface area contributed by atoms with Crippen molar-refractivity contribution in [1.82, 2.24) is 0 Å². The Hall–Kier alpha value is -2.14. The summed E-state index contributed by atoms with van der Waals surface area (Å²) in [5.74, 6) is -1.12. The van der Waals surface area contributed by atoms with Gasteiger partial charge in [0.15, 0.2) is 0 Å². The van der Waals surface area contributed by atoms with E-state index >= 15 is 0 Å². The number of carboxylic acids is 1. The number of amides is 1. The molecule has 1 aliphatic heterocycles. The van der Waals surface area contributed by atoms with E-state index in [9.17, 15) is 9.59 Å². The van der Waals surface area contributed by atoms with E-state index < -0.39 is 5.97 Å². The molecule has 0 aliphatic carbocycles. The maximum absolute atomic E-state index is 12.1. The van der Waals surface area contributed by atoms with Crippen LogP contribution in [0.25, 0.3) is 6.08 Å². The number of nitrogens with one attached hydrogen (secondary N) is 1. The highest BCUT2D eigenvalue weighted by atomic mass is 16.5. The van der Waals surface area contributed by atoms with Crippen LogP contribution < -0.4 is 5.32 Å². The van der Waals surface area contributed by atoms with Crippen LogP contribution in [0.5, 0.6) is 0 Å². The zero-order valence-corrected chi connectivity index (χ0v) is 12.1. The van der Waals surface area contributed by atoms with Crippen LogP contribution in [-0.4, -0.2) is 29.2 Å². The van der Waals surface area contributed by atoms with Crippen molar-refractivity contribution < 1.29 is 19.4 Å². The molecule has 0 aromatic heterocycles. The van der Waals surface area contributed by atoms with E-state index in [1.165, 1.54) is 6.08 Å². The van der Waals surface area contributed by atoms with Gasteiger partial charge in [0.25, 0.3) is 5.91 Å². The van der Waals surface area contributed by atoms with Crippen LogP contribution in [0.2, 0.25) is 0 Å². The lowest BCUT2D eigenvalue weighted by Crippen LogP contribution is -2.28. The summed E-state index contributed by atoms with van der Waals surface area (Å²) in [6.07, 6.45) is 3.99. The normalized spacial score (nSPS) is 21.6. The van der Waals surface area contributed by atoms with Gasteiger partial charge in [0.2, 0.25) is 0 Å². The minimum atomic E-state index is -0.988. The molecule has 5 heteroatoms. The van der Waals surface area contributed by atoms with Gasteiger partial charge in [0.1, 0.15) is 6.10 Å². The van der Waals surface area contributed by atoms with Gasteiger partial charge >= 0.3 is 5.97 Å². The van der Waals surface area contributed by atoms with E-state index in [0.29, 0.717) is 0 Å². The highest BCUT2D eigenvalue weighted by molar-refractivity contribution is 5.95. The van der Waals surface area contributed by atoms with E-state index in [-0.39, 0.29) is 18.1 Å². The summed E-state index contributed by atoms with van der Waals surface area (Å²) in [5, 5.41) is 11.5. The Kier molecular flexibility index (Phi) is 4.75. The Morgan fingerprint density at radius 3 is 2.71 bits per heavy atom. The summed E-state index contributed by atoms with van der Waals surface area (Å²) in [5.41, 5.74) is 2.37. The third-order valence-electron chi connectivity index (χ3n) is 3.45. The number of ether oxygens (including phenoxy) is 1. The first kappa shape index (κ1) is 15.3. The quantitative estimate of drug-likeness (QED) is 0.835. The Morgan fingerprint density at radius 2 is 2.14 bits per heavy atom. The van der Waals surface area contributed by atoms with Crippen molar-refractivity contribution in [3.63, 3.8) is 0 Å². The molecule has 1 saturated heterocycles. The molecule has 2 atom stereocenters. The molecule has 1 aromatic carbocycles. The summed E-state index contributed by atoms with van der Waals surface area (Å²) in [6, 6.07) is 5.36. The summed E-state index contributed by atoms with van der Waals surface area (Å²) < 4.78 is 5.54. The molecule has 5 nitrogen and oxygen atoms in total. The maximum atomic E-state index is 12.1. The number of carboxylic acid groups (broad SMARTS) is 1. The van der Waals surface area contributed by atoms with Crippen molar-refractivity contribution in [1.29, 1.82) is 0 Å². The minimum Gasteiger partial charge on any atom is -0.478 e. The standard InChI is InChI=1S/C16H19NO4/c1-10-9-12(5-8-15(18)19)4-6-13(10)17-16(20)14-7-3-11(2)21-14/h4-6,8-9,11,14H,3,7H2,1-2H3,(H,17,20)(H,18,19)/b8-5+. The van der Waals surface area contributed by atoms with Crippen LogP contribution in [0.15, 0.2) is 24.3 Å². The topological polar surface area (TPSA) is 75.6 Å². The van der Waals surface area contributed by atoms with E-state index in [2.05, 4.69) is 5.32 Å². The van der Waals surface area contributed by atoms with Gasteiger partial charge in [-0.15, -0.1) is 0 Å². The van der Waals surface area contributed by atoms with Crippen LogP contribution in [0.1, 0.15) is 30.9 Å². The monoisotopic (exact) mass is 289 g/mol. The minimum absolute atomic E-state index is 0.128. The van der Waals surface area contributed by atoms with E-state index in [0.717, 1.165) is 35.7 Å². The predicted molar refractivity (Wildman–Crippen MR) is 80.0 cm³/mol. The van der Waals surface area contributed by atoms with Gasteiger partial charge in [0, 0.05) is 11.8 Å². The fraction of sp³-hybridized carbons (Fsp3) is 0.375. The Labute approximate surface area is 123 Å². The van der Waals surface area contributed by atoms with Gasteiger partial charge in [0.05, 0.1) is 6.10 Å². The SMILES string of the molecule is Cc1cc(/C=C/C(=O)O)ccc1NC(=O)C1CCC(C)O1. The maximum Gasteiger partial charge on any atom is 0.328 e. The molecule has 1 aromatic rings. The number of hydrogen-bond acceptors (Lipinski definition) is 3. The highest BCUT2D eigenvalue weighted by Crippen LogP contribution is 2.22. The molecule has 2 rings (SSSR count). The van der Waals surface area contributed by atoms with Gasteiger partial charge in [-0.2, -0.15) is 0 Å². The van der Waals surface area contributed by atoms with Gasteiger partial charge < -0.3 is 15.2 Å². The van der Waals surface area contributed by atoms with Gasteiger partial charge in [-0.05, 0) is 56.0 Å². The number of rotatable bonds is 4. The van der Waals surface area contributed by atoms with Crippen LogP contribution in [0.4, 0.5) is 5.69 Å². The molecule has 0 saturated carbocycles. The first-order chi connectivity index (χ1) is 9.95. The van der Waals surface area contributed by atoms with E-state index in [1.807, 2.05) is 19.9 Å². The first-order valence-electron chi connectivity index (χ1n) is 6.93. The van der Waals surface area contributed by atoms with Crippen molar-refractivity contribution in [2.24, 2.45) is 0 Å². The third kappa shape index (κ3) is 4.16. The number of aliphatic carboxylic acids is 1. The van der Waals surface area contributed by atoms with Crippen LogP contribution >= 0.6 is 0 Å². The number of carbonyl (C=O) groups excluding carboxylic acids is 1. The van der Waals surface area contributed by atoms with E-state index in [1.54, 1.807) is 12.1 Å². The Morgan fingerprint density at radius 1 is 1.38 bits per heavy atom. The van der Waals surface area contributed by atoms with Crippen molar-refractivity contribution in [3.05, 3.63) is 35.4 Å². The van der Waals surface area contributed by atoms with Gasteiger partial charge in [-0.1, -0.05) is 6.07 Å². The predicted octanol–water partition coefficient (Wildman–Crippen LogP) is 2.60. The first-order valence-corrected chi connectivity index (χ1v) is 6.93. The van der Waals surface area contributed by atoms with Crippen LogP contribution in [0, 0.1) is 6.92 Å². The molecule has 2 N–H and O–H groups in total. The average Bonchev–Trinajstić information content (AvgIpc) is 2.86. The Bertz CT molecular complexity index is 580. The lowest BCUT2D eigenvalue weighted by atomic mass is 10.1. The molecule has 0 spiro atoms. The second-order valence-corrected chi connectivity index (χ2v) is 5.25. The fourth-order valence-electron chi connectivity index (χ4n) is 2.31. The molecule has 1 aliphatic rings. The third-order valence-corrected chi connectivity index (χ3v) is 3.45. The molecule has 0 radical (unpaired) electrons. The number of anilines is 1. The van der Waals surface area contributed by atoms with Crippen LogP contribution in [-0.2, 0) is 14.3 Å². The van der Waals surface area contributed by atoms with Crippen molar-refractivity contribution in [2.75, 3.05) is 5.32 Å². The molecule has 1 heterocycles. The second-order valence-electron chi connectivity index (χ2n) is 5.25. The number of aryl methyl sites for hydroxylation is 1. The van der Waals surface area contributed by atoms with Crippen molar-refractivity contribution in [3.8, 4) is 0 Å². The fourth-order valence-corrected chi connectivity index (χ4v) is 2.31. The zero-order chi connectivity index (χ0) is 15.4. The molecule has 2 unspecified atom stereocenters. The van der Waals surface area contributed by atoms with Gasteiger partial charge in [-0.25, -0.2) is 4.79 Å². The second kappa shape index (κ2) is 6.54. The van der Waals surface area contributed by atoms with Crippen molar-refractivity contribution in [2.45, 2.75) is 38.9 Å². The molecule has 0 bridgehead atoms. The summed E-state index contributed by atoms with van der Waals surface area (Å²) in [4.78, 5) is 22.6. The van der Waals surface area contributed by atoms with Gasteiger partial charge in [-0.3, -0.25) is 4.79 Å². The number of carbonyl (C=O) groups is 2. The Balaban J connectivity index is 2.04. The number of benzene rings is 1. The largest absolute Gasteiger partial charge is 0.478 e. The van der Waals surface area contributed by atoms with E-state index in [4.69, 9.17) is 9.84 Å². The molecular weight excluding hydrogens is 270 g/mol. The highest BCUT2D eigenvalue weighted by Gasteiger charge is 2.28. The summed E-state index contributed by atoms with van der Waals surface area (Å²) in [7, 11) is 0. The summed E-state index contributed by atoms with van der Waals surface area (Å²) >= 11 is 0. The van der Waals surface area contributed by atoms with Crippen LogP contribution in [0.3, 0.4) is 0 Å². The zero-order valence-electron chi connectivity index (χ0n) is 12.1. The lowest BCUT2D eigenvalue weighted by molar-refractivity contribution is -0.131. The average molecular weight is 289 g/mol. The molecule has 1 fully saturated rings. The molecule has 1 amide bonds. The summed E-state index contributed by atoms with van der Waals surface area (Å²) in [6.45, 7) is 3.83. The molecular formula is C16H19NO4. The molecule has 112 valence electrons. The lowest BCUT2D eigenvalue weighted by Gasteiger charge is -2.13. The van der Waals surface area contributed by atoms with Crippen molar-refractivity contribution >= 4 is 23.6 Å². The molecule has 21 heavy (non-hydrogen) atoms. The smallest absolute Gasteiger partial charge is 0.328 e.